The van der Waals surface area contributed by atoms with Crippen LogP contribution in [0.15, 0.2) is 16.7 Å². The first-order valence-corrected chi connectivity index (χ1v) is 7.70. The van der Waals surface area contributed by atoms with Crippen molar-refractivity contribution in [3.8, 4) is 0 Å². The Morgan fingerprint density at radius 1 is 1.45 bits per heavy atom. The number of pyridine rings is 1. The first kappa shape index (κ1) is 15.3. The molecule has 0 bridgehead atoms. The Balaban J connectivity index is 2.13. The molecule has 0 aromatic carbocycles. The summed E-state index contributed by atoms with van der Waals surface area (Å²) in [5.41, 5.74) is 0.261. The van der Waals surface area contributed by atoms with Crippen LogP contribution in [0.25, 0.3) is 0 Å². The van der Waals surface area contributed by atoms with Gasteiger partial charge in [0.2, 0.25) is 0 Å². The zero-order valence-electron chi connectivity index (χ0n) is 11.8. The van der Waals surface area contributed by atoms with E-state index < -0.39 is 5.97 Å². The molecule has 5 nitrogen and oxygen atoms in total. The molecule has 1 atom stereocenters. The maximum Gasteiger partial charge on any atom is 0.339 e. The predicted octanol–water partition coefficient (Wildman–Crippen LogP) is 2.46. The van der Waals surface area contributed by atoms with Crippen molar-refractivity contribution in [2.75, 3.05) is 31.1 Å². The van der Waals surface area contributed by atoms with Crippen LogP contribution in [0.4, 0.5) is 5.82 Å². The zero-order chi connectivity index (χ0) is 14.7. The fourth-order valence-corrected chi connectivity index (χ4v) is 2.81. The lowest BCUT2D eigenvalue weighted by Crippen LogP contribution is -2.50. The normalized spacial score (nSPS) is 18.1. The summed E-state index contributed by atoms with van der Waals surface area (Å²) in [5, 5.41) is 9.30. The van der Waals surface area contributed by atoms with Gasteiger partial charge >= 0.3 is 5.97 Å². The summed E-state index contributed by atoms with van der Waals surface area (Å²) in [6.45, 7) is 7.96. The Morgan fingerprint density at radius 2 is 2.10 bits per heavy atom. The molecule has 1 aliphatic rings. The first-order chi connectivity index (χ1) is 9.52. The van der Waals surface area contributed by atoms with Crippen LogP contribution in [-0.4, -0.2) is 53.2 Å². The van der Waals surface area contributed by atoms with Gasteiger partial charge in [-0.05, 0) is 35.3 Å². The minimum absolute atomic E-state index is 0.261. The highest BCUT2D eigenvalue weighted by Crippen LogP contribution is 2.23. The number of aromatic carboxylic acids is 1. The standard InChI is InChI=1S/C14H20BrN3O2/c1-3-10(2)17-4-6-18(7-5-17)13-12(14(19)20)8-11(15)9-16-13/h8-10H,3-7H2,1-2H3,(H,19,20). The molecule has 110 valence electrons. The van der Waals surface area contributed by atoms with Gasteiger partial charge in [-0.2, -0.15) is 0 Å². The maximum absolute atomic E-state index is 11.3. The minimum atomic E-state index is -0.932. The van der Waals surface area contributed by atoms with Crippen molar-refractivity contribution in [1.29, 1.82) is 0 Å². The summed E-state index contributed by atoms with van der Waals surface area (Å²) in [7, 11) is 0. The Morgan fingerprint density at radius 3 is 2.65 bits per heavy atom. The third-order valence-electron chi connectivity index (χ3n) is 3.89. The topological polar surface area (TPSA) is 56.7 Å². The SMILES string of the molecule is CCC(C)N1CCN(c2ncc(Br)cc2C(=O)O)CC1. The second-order valence-electron chi connectivity index (χ2n) is 5.11. The minimum Gasteiger partial charge on any atom is -0.478 e. The number of rotatable bonds is 4. The second-order valence-corrected chi connectivity index (χ2v) is 6.03. The van der Waals surface area contributed by atoms with E-state index in [4.69, 9.17) is 0 Å². The number of carboxylic acids is 1. The molecule has 2 heterocycles. The van der Waals surface area contributed by atoms with Crippen molar-refractivity contribution >= 4 is 27.7 Å². The largest absolute Gasteiger partial charge is 0.478 e. The molecule has 1 fully saturated rings. The molecule has 1 aliphatic heterocycles. The highest BCUT2D eigenvalue weighted by atomic mass is 79.9. The molecule has 0 radical (unpaired) electrons. The Kier molecular flexibility index (Phi) is 4.99. The fourth-order valence-electron chi connectivity index (χ4n) is 2.47. The molecule has 0 saturated carbocycles. The van der Waals surface area contributed by atoms with Crippen molar-refractivity contribution in [1.82, 2.24) is 9.88 Å². The van der Waals surface area contributed by atoms with Crippen molar-refractivity contribution in [3.63, 3.8) is 0 Å². The molecule has 20 heavy (non-hydrogen) atoms. The number of nitrogens with zero attached hydrogens (tertiary/aromatic N) is 3. The van der Waals surface area contributed by atoms with Crippen molar-refractivity contribution in [2.24, 2.45) is 0 Å². The van der Waals surface area contributed by atoms with E-state index in [1.807, 2.05) is 0 Å². The van der Waals surface area contributed by atoms with E-state index in [2.05, 4.69) is 44.6 Å². The monoisotopic (exact) mass is 341 g/mol. The lowest BCUT2D eigenvalue weighted by Gasteiger charge is -2.38. The number of carboxylic acid groups (broad SMARTS) is 1. The molecule has 1 unspecified atom stereocenters. The molecular formula is C14H20BrN3O2. The summed E-state index contributed by atoms with van der Waals surface area (Å²) in [5.74, 6) is -0.359. The lowest BCUT2D eigenvalue weighted by molar-refractivity contribution is 0.0696. The van der Waals surface area contributed by atoms with Crippen LogP contribution in [0.5, 0.6) is 0 Å². The van der Waals surface area contributed by atoms with Gasteiger partial charge in [0.25, 0.3) is 0 Å². The molecule has 0 amide bonds. The lowest BCUT2D eigenvalue weighted by atomic mass is 10.1. The van der Waals surface area contributed by atoms with E-state index in [0.29, 0.717) is 16.3 Å². The highest BCUT2D eigenvalue weighted by molar-refractivity contribution is 9.10. The number of anilines is 1. The summed E-state index contributed by atoms with van der Waals surface area (Å²) in [4.78, 5) is 20.1. The van der Waals surface area contributed by atoms with Crippen molar-refractivity contribution in [2.45, 2.75) is 26.3 Å². The maximum atomic E-state index is 11.3. The van der Waals surface area contributed by atoms with Crippen molar-refractivity contribution < 1.29 is 9.90 Å². The Bertz CT molecular complexity index is 487. The van der Waals surface area contributed by atoms with E-state index in [-0.39, 0.29) is 5.56 Å². The highest BCUT2D eigenvalue weighted by Gasteiger charge is 2.24. The van der Waals surface area contributed by atoms with Gasteiger partial charge in [0, 0.05) is 42.9 Å². The van der Waals surface area contributed by atoms with Gasteiger partial charge in [-0.15, -0.1) is 0 Å². The third-order valence-corrected chi connectivity index (χ3v) is 4.33. The number of hydrogen-bond acceptors (Lipinski definition) is 4. The number of piperazine rings is 1. The van der Waals surface area contributed by atoms with E-state index >= 15 is 0 Å². The second kappa shape index (κ2) is 6.54. The average molecular weight is 342 g/mol. The van der Waals surface area contributed by atoms with Crippen LogP contribution in [0, 0.1) is 0 Å². The van der Waals surface area contributed by atoms with Crippen LogP contribution in [0.2, 0.25) is 0 Å². The molecule has 1 aromatic heterocycles. The smallest absolute Gasteiger partial charge is 0.339 e. The van der Waals surface area contributed by atoms with E-state index in [1.165, 1.54) is 0 Å². The first-order valence-electron chi connectivity index (χ1n) is 6.90. The molecule has 1 aromatic rings. The van der Waals surface area contributed by atoms with E-state index in [9.17, 15) is 9.90 Å². The average Bonchev–Trinajstić information content (AvgIpc) is 2.46. The quantitative estimate of drug-likeness (QED) is 0.911. The number of halogens is 1. The molecule has 1 saturated heterocycles. The van der Waals surface area contributed by atoms with Gasteiger partial charge in [-0.25, -0.2) is 9.78 Å². The Labute approximate surface area is 127 Å². The summed E-state index contributed by atoms with van der Waals surface area (Å²) < 4.78 is 0.692. The summed E-state index contributed by atoms with van der Waals surface area (Å²) in [6.07, 6.45) is 2.79. The predicted molar refractivity (Wildman–Crippen MR) is 82.4 cm³/mol. The fraction of sp³-hybridized carbons (Fsp3) is 0.571. The Hall–Kier alpha value is -1.14. The van der Waals surface area contributed by atoms with Gasteiger partial charge in [0.1, 0.15) is 11.4 Å². The van der Waals surface area contributed by atoms with Crippen LogP contribution in [0.1, 0.15) is 30.6 Å². The van der Waals surface area contributed by atoms with Gasteiger partial charge in [0.15, 0.2) is 0 Å². The van der Waals surface area contributed by atoms with Crippen LogP contribution in [-0.2, 0) is 0 Å². The van der Waals surface area contributed by atoms with Gasteiger partial charge < -0.3 is 10.0 Å². The molecule has 0 spiro atoms. The molecule has 1 N–H and O–H groups in total. The number of hydrogen-bond donors (Lipinski definition) is 1. The van der Waals surface area contributed by atoms with E-state index in [0.717, 1.165) is 32.6 Å². The van der Waals surface area contributed by atoms with Gasteiger partial charge in [0.05, 0.1) is 0 Å². The van der Waals surface area contributed by atoms with Crippen LogP contribution < -0.4 is 4.90 Å². The number of aromatic nitrogens is 1. The van der Waals surface area contributed by atoms with Crippen molar-refractivity contribution in [3.05, 3.63) is 22.3 Å². The summed E-state index contributed by atoms with van der Waals surface area (Å²) >= 11 is 3.27. The summed E-state index contributed by atoms with van der Waals surface area (Å²) in [6, 6.07) is 2.19. The zero-order valence-corrected chi connectivity index (χ0v) is 13.4. The molecular weight excluding hydrogens is 322 g/mol. The van der Waals surface area contributed by atoms with Gasteiger partial charge in [-0.1, -0.05) is 6.92 Å². The van der Waals surface area contributed by atoms with Gasteiger partial charge in [-0.3, -0.25) is 4.90 Å². The number of carbonyl (C=O) groups is 1. The van der Waals surface area contributed by atoms with E-state index in [1.54, 1.807) is 12.3 Å². The molecule has 6 heteroatoms. The molecule has 2 rings (SSSR count). The molecule has 0 aliphatic carbocycles. The van der Waals surface area contributed by atoms with Crippen LogP contribution >= 0.6 is 15.9 Å². The van der Waals surface area contributed by atoms with Crippen LogP contribution in [0.3, 0.4) is 0 Å². The third kappa shape index (κ3) is 3.30.